The van der Waals surface area contributed by atoms with Crippen molar-refractivity contribution in [1.82, 2.24) is 10.2 Å². The third-order valence-electron chi connectivity index (χ3n) is 4.71. The molecule has 0 aliphatic carbocycles. The number of ether oxygens (including phenoxy) is 1. The van der Waals surface area contributed by atoms with Crippen LogP contribution in [0.15, 0.2) is 0 Å². The molecule has 2 saturated heterocycles. The Morgan fingerprint density at radius 2 is 2.16 bits per heavy atom. The standard InChI is InChI=1S/C16H32N2O/c1-3-9-18(13-14-6-5-8-17-12-14)15-7-10-19-16(4-2)11-15/h14-17H,3-13H2,1-2H3. The van der Waals surface area contributed by atoms with E-state index in [0.29, 0.717) is 6.10 Å². The minimum absolute atomic E-state index is 0.502. The molecule has 3 atom stereocenters. The summed E-state index contributed by atoms with van der Waals surface area (Å²) in [5, 5.41) is 3.55. The average molecular weight is 268 g/mol. The van der Waals surface area contributed by atoms with Gasteiger partial charge in [-0.25, -0.2) is 0 Å². The third kappa shape index (κ3) is 4.73. The molecule has 0 aromatic carbocycles. The predicted octanol–water partition coefficient (Wildman–Crippen LogP) is 2.66. The van der Waals surface area contributed by atoms with Crippen LogP contribution < -0.4 is 5.32 Å². The van der Waals surface area contributed by atoms with Crippen molar-refractivity contribution in [1.29, 1.82) is 0 Å². The molecule has 1 N–H and O–H groups in total. The molecule has 3 nitrogen and oxygen atoms in total. The van der Waals surface area contributed by atoms with Crippen molar-refractivity contribution in [3.63, 3.8) is 0 Å². The molecule has 0 bridgehead atoms. The SMILES string of the molecule is CCCN(CC1CCCNC1)C1CCOC(CC)C1. The van der Waals surface area contributed by atoms with E-state index >= 15 is 0 Å². The Kier molecular flexibility index (Phi) is 6.62. The Morgan fingerprint density at radius 3 is 2.84 bits per heavy atom. The molecule has 112 valence electrons. The zero-order chi connectivity index (χ0) is 13.5. The molecule has 0 saturated carbocycles. The van der Waals surface area contributed by atoms with E-state index in [1.165, 1.54) is 64.7 Å². The summed E-state index contributed by atoms with van der Waals surface area (Å²) in [4.78, 5) is 2.77. The molecule has 19 heavy (non-hydrogen) atoms. The predicted molar refractivity (Wildman–Crippen MR) is 80.5 cm³/mol. The molecule has 2 rings (SSSR count). The molecule has 2 aliphatic rings. The molecule has 0 aromatic rings. The maximum Gasteiger partial charge on any atom is 0.0587 e. The molecule has 0 spiro atoms. The van der Waals surface area contributed by atoms with Crippen LogP contribution in [0.25, 0.3) is 0 Å². The second kappa shape index (κ2) is 8.23. The van der Waals surface area contributed by atoms with Gasteiger partial charge < -0.3 is 10.1 Å². The summed E-state index contributed by atoms with van der Waals surface area (Å²) in [6.07, 6.45) is 8.19. The first-order chi connectivity index (χ1) is 9.33. The van der Waals surface area contributed by atoms with E-state index in [1.54, 1.807) is 0 Å². The second-order valence-electron chi connectivity index (χ2n) is 6.29. The lowest BCUT2D eigenvalue weighted by Crippen LogP contribution is -2.46. The molecular weight excluding hydrogens is 236 g/mol. The fraction of sp³-hybridized carbons (Fsp3) is 1.00. The van der Waals surface area contributed by atoms with Crippen molar-refractivity contribution in [2.75, 3.05) is 32.8 Å². The van der Waals surface area contributed by atoms with Gasteiger partial charge in [0.05, 0.1) is 6.10 Å². The van der Waals surface area contributed by atoms with Gasteiger partial charge in [0, 0.05) is 19.2 Å². The van der Waals surface area contributed by atoms with E-state index in [1.807, 2.05) is 0 Å². The van der Waals surface area contributed by atoms with Gasteiger partial charge in [-0.2, -0.15) is 0 Å². The third-order valence-corrected chi connectivity index (χ3v) is 4.71. The van der Waals surface area contributed by atoms with Gasteiger partial charge in [-0.15, -0.1) is 0 Å². The number of hydrogen-bond donors (Lipinski definition) is 1. The van der Waals surface area contributed by atoms with Crippen LogP contribution in [-0.4, -0.2) is 49.8 Å². The number of rotatable bonds is 6. The lowest BCUT2D eigenvalue weighted by molar-refractivity contribution is -0.0318. The smallest absolute Gasteiger partial charge is 0.0587 e. The highest BCUT2D eigenvalue weighted by Gasteiger charge is 2.28. The van der Waals surface area contributed by atoms with Crippen LogP contribution >= 0.6 is 0 Å². The van der Waals surface area contributed by atoms with E-state index in [-0.39, 0.29) is 0 Å². The Morgan fingerprint density at radius 1 is 1.26 bits per heavy atom. The number of nitrogens with zero attached hydrogens (tertiary/aromatic N) is 1. The van der Waals surface area contributed by atoms with E-state index < -0.39 is 0 Å². The van der Waals surface area contributed by atoms with Gasteiger partial charge >= 0.3 is 0 Å². The fourth-order valence-electron chi connectivity index (χ4n) is 3.60. The van der Waals surface area contributed by atoms with Crippen molar-refractivity contribution in [2.45, 2.75) is 64.5 Å². The first-order valence-corrected chi connectivity index (χ1v) is 8.39. The molecule has 0 amide bonds. The van der Waals surface area contributed by atoms with E-state index in [2.05, 4.69) is 24.1 Å². The van der Waals surface area contributed by atoms with Crippen LogP contribution in [0.5, 0.6) is 0 Å². The normalized spacial score (nSPS) is 32.7. The molecule has 0 radical (unpaired) electrons. The summed E-state index contributed by atoms with van der Waals surface area (Å²) >= 11 is 0. The lowest BCUT2D eigenvalue weighted by atomic mass is 9.95. The monoisotopic (exact) mass is 268 g/mol. The highest BCUT2D eigenvalue weighted by Crippen LogP contribution is 2.23. The van der Waals surface area contributed by atoms with Crippen LogP contribution in [-0.2, 0) is 4.74 Å². The van der Waals surface area contributed by atoms with Gasteiger partial charge in [-0.3, -0.25) is 4.90 Å². The van der Waals surface area contributed by atoms with E-state index in [9.17, 15) is 0 Å². The van der Waals surface area contributed by atoms with E-state index in [0.717, 1.165) is 18.6 Å². The zero-order valence-corrected chi connectivity index (χ0v) is 12.9. The molecule has 0 aromatic heterocycles. The van der Waals surface area contributed by atoms with Crippen molar-refractivity contribution in [2.24, 2.45) is 5.92 Å². The highest BCUT2D eigenvalue weighted by molar-refractivity contribution is 4.82. The first kappa shape index (κ1) is 15.3. The van der Waals surface area contributed by atoms with Crippen LogP contribution in [0, 0.1) is 5.92 Å². The van der Waals surface area contributed by atoms with Crippen molar-refractivity contribution >= 4 is 0 Å². The van der Waals surface area contributed by atoms with Gasteiger partial charge in [0.15, 0.2) is 0 Å². The van der Waals surface area contributed by atoms with Crippen LogP contribution in [0.3, 0.4) is 0 Å². The summed E-state index contributed by atoms with van der Waals surface area (Å²) in [7, 11) is 0. The van der Waals surface area contributed by atoms with Gasteiger partial charge in [-0.1, -0.05) is 13.8 Å². The van der Waals surface area contributed by atoms with Crippen molar-refractivity contribution < 1.29 is 4.74 Å². The quantitative estimate of drug-likeness (QED) is 0.801. The Labute approximate surface area is 119 Å². The summed E-state index contributed by atoms with van der Waals surface area (Å²) in [6.45, 7) is 10.5. The van der Waals surface area contributed by atoms with Crippen LogP contribution in [0.4, 0.5) is 0 Å². The Bertz CT molecular complexity index is 241. The minimum atomic E-state index is 0.502. The maximum atomic E-state index is 5.84. The Hall–Kier alpha value is -0.120. The summed E-state index contributed by atoms with van der Waals surface area (Å²) in [6, 6.07) is 0.764. The Balaban J connectivity index is 1.86. The first-order valence-electron chi connectivity index (χ1n) is 8.39. The van der Waals surface area contributed by atoms with Crippen molar-refractivity contribution in [3.8, 4) is 0 Å². The number of piperidine rings is 1. The second-order valence-corrected chi connectivity index (χ2v) is 6.29. The van der Waals surface area contributed by atoms with Crippen LogP contribution in [0.1, 0.15) is 52.4 Å². The van der Waals surface area contributed by atoms with E-state index in [4.69, 9.17) is 4.74 Å². The van der Waals surface area contributed by atoms with Gasteiger partial charge in [0.2, 0.25) is 0 Å². The highest BCUT2D eigenvalue weighted by atomic mass is 16.5. The number of nitrogens with one attached hydrogen (secondary N) is 1. The molecule has 2 aliphatic heterocycles. The minimum Gasteiger partial charge on any atom is -0.378 e. The summed E-state index contributed by atoms with van der Waals surface area (Å²) < 4.78 is 5.84. The molecule has 3 unspecified atom stereocenters. The topological polar surface area (TPSA) is 24.5 Å². The molecule has 3 heteroatoms. The van der Waals surface area contributed by atoms with Gasteiger partial charge in [-0.05, 0) is 64.1 Å². The molecule has 2 fully saturated rings. The largest absolute Gasteiger partial charge is 0.378 e. The average Bonchev–Trinajstić information content (AvgIpc) is 2.48. The zero-order valence-electron chi connectivity index (χ0n) is 12.9. The molecule has 2 heterocycles. The molecular formula is C16H32N2O. The van der Waals surface area contributed by atoms with Gasteiger partial charge in [0.25, 0.3) is 0 Å². The number of hydrogen-bond acceptors (Lipinski definition) is 3. The maximum absolute atomic E-state index is 5.84. The van der Waals surface area contributed by atoms with Crippen LogP contribution in [0.2, 0.25) is 0 Å². The summed E-state index contributed by atoms with van der Waals surface area (Å²) in [5.74, 6) is 0.864. The van der Waals surface area contributed by atoms with Gasteiger partial charge in [0.1, 0.15) is 0 Å². The fourth-order valence-corrected chi connectivity index (χ4v) is 3.60. The summed E-state index contributed by atoms with van der Waals surface area (Å²) in [5.41, 5.74) is 0. The lowest BCUT2D eigenvalue weighted by Gasteiger charge is -2.39. The van der Waals surface area contributed by atoms with Crippen molar-refractivity contribution in [3.05, 3.63) is 0 Å².